The second-order valence-corrected chi connectivity index (χ2v) is 5.02. The number of hydrogen-bond donors (Lipinski definition) is 0. The second kappa shape index (κ2) is 2.57. The number of aldehydes is 1. The van der Waals surface area contributed by atoms with Crippen LogP contribution in [0.3, 0.4) is 0 Å². The minimum atomic E-state index is -0.0188. The largest absolute Gasteiger partial charge is 0.369 e. The summed E-state index contributed by atoms with van der Waals surface area (Å²) < 4.78 is 6.07. The zero-order valence-corrected chi connectivity index (χ0v) is 8.67. The molecule has 0 radical (unpaired) electrons. The van der Waals surface area contributed by atoms with Gasteiger partial charge in [0.2, 0.25) is 0 Å². The predicted octanol–water partition coefficient (Wildman–Crippen LogP) is 2.17. The average Bonchev–Trinajstić information content (AvgIpc) is 2.46. The minimum absolute atomic E-state index is 0.0188. The first-order chi connectivity index (χ1) is 6.02. The maximum absolute atomic E-state index is 10.6. The summed E-state index contributed by atoms with van der Waals surface area (Å²) in [6, 6.07) is 0. The Morgan fingerprint density at radius 1 is 1.38 bits per heavy atom. The number of carbonyl (C=O) groups is 1. The molecule has 0 aromatic carbocycles. The van der Waals surface area contributed by atoms with Crippen LogP contribution in [-0.2, 0) is 9.53 Å². The lowest BCUT2D eigenvalue weighted by Gasteiger charge is -2.33. The van der Waals surface area contributed by atoms with Gasteiger partial charge in [0.05, 0.1) is 11.2 Å². The van der Waals surface area contributed by atoms with Crippen LogP contribution < -0.4 is 0 Å². The van der Waals surface area contributed by atoms with Gasteiger partial charge < -0.3 is 9.53 Å². The van der Waals surface area contributed by atoms with Gasteiger partial charge in [-0.3, -0.25) is 0 Å². The van der Waals surface area contributed by atoms with E-state index >= 15 is 0 Å². The maximum Gasteiger partial charge on any atom is 0.120 e. The molecule has 0 N–H and O–H groups in total. The molecule has 0 spiro atoms. The first kappa shape index (κ1) is 9.20. The van der Waals surface area contributed by atoms with Gasteiger partial charge >= 0.3 is 0 Å². The Morgan fingerprint density at radius 3 is 2.46 bits per heavy atom. The van der Waals surface area contributed by atoms with Crippen LogP contribution in [0.25, 0.3) is 0 Å². The molecule has 74 valence electrons. The van der Waals surface area contributed by atoms with Crippen LogP contribution in [-0.4, -0.2) is 17.5 Å². The summed E-state index contributed by atoms with van der Waals surface area (Å²) >= 11 is 0. The molecule has 2 aliphatic rings. The van der Waals surface area contributed by atoms with Crippen LogP contribution >= 0.6 is 0 Å². The van der Waals surface area contributed by atoms with E-state index in [9.17, 15) is 4.79 Å². The van der Waals surface area contributed by atoms with Crippen molar-refractivity contribution in [2.45, 2.75) is 51.2 Å². The van der Waals surface area contributed by atoms with Gasteiger partial charge in [0.1, 0.15) is 6.29 Å². The highest BCUT2D eigenvalue weighted by atomic mass is 16.5. The van der Waals surface area contributed by atoms with Gasteiger partial charge in [-0.25, -0.2) is 0 Å². The third kappa shape index (κ3) is 1.08. The summed E-state index contributed by atoms with van der Waals surface area (Å²) in [5.41, 5.74) is 0.0253. The van der Waals surface area contributed by atoms with Crippen molar-refractivity contribution < 1.29 is 9.53 Å². The Morgan fingerprint density at radius 2 is 2.00 bits per heavy atom. The molecule has 2 aliphatic heterocycles. The first-order valence-electron chi connectivity index (χ1n) is 5.16. The highest BCUT2D eigenvalue weighted by Gasteiger charge is 2.60. The highest BCUT2D eigenvalue weighted by molar-refractivity contribution is 5.50. The molecule has 13 heavy (non-hydrogen) atoms. The SMILES string of the molecule is C[C@H]1[C@H](CC=O)[C@]2(C)CC[C@@]1(C)O2. The highest BCUT2D eigenvalue weighted by Crippen LogP contribution is 2.57. The van der Waals surface area contributed by atoms with E-state index in [4.69, 9.17) is 4.74 Å². The van der Waals surface area contributed by atoms with Crippen molar-refractivity contribution in [1.29, 1.82) is 0 Å². The lowest BCUT2D eigenvalue weighted by atomic mass is 9.67. The van der Waals surface area contributed by atoms with Gasteiger partial charge in [0, 0.05) is 6.42 Å². The summed E-state index contributed by atoms with van der Waals surface area (Å²) in [6.07, 6.45) is 3.97. The van der Waals surface area contributed by atoms with Crippen LogP contribution in [0.5, 0.6) is 0 Å². The molecular weight excluding hydrogens is 164 g/mol. The summed E-state index contributed by atoms with van der Waals surface area (Å²) in [4.78, 5) is 10.6. The predicted molar refractivity (Wildman–Crippen MR) is 50.5 cm³/mol. The Kier molecular flexibility index (Phi) is 1.82. The van der Waals surface area contributed by atoms with Crippen LogP contribution in [0.1, 0.15) is 40.0 Å². The molecule has 2 heterocycles. The monoisotopic (exact) mass is 182 g/mol. The first-order valence-corrected chi connectivity index (χ1v) is 5.16. The van der Waals surface area contributed by atoms with Crippen molar-refractivity contribution in [3.63, 3.8) is 0 Å². The smallest absolute Gasteiger partial charge is 0.120 e. The zero-order valence-electron chi connectivity index (χ0n) is 8.67. The quantitative estimate of drug-likeness (QED) is 0.612. The molecule has 4 atom stereocenters. The molecule has 0 aromatic rings. The Labute approximate surface area is 79.7 Å². The normalized spacial score (nSPS) is 54.1. The summed E-state index contributed by atoms with van der Waals surface area (Å²) in [6.45, 7) is 6.57. The average molecular weight is 182 g/mol. The molecular formula is C11H18O2. The fourth-order valence-electron chi connectivity index (χ4n) is 3.22. The number of rotatable bonds is 2. The summed E-state index contributed by atoms with van der Waals surface area (Å²) in [7, 11) is 0. The van der Waals surface area contributed by atoms with Gasteiger partial charge in [0.25, 0.3) is 0 Å². The number of ether oxygens (including phenoxy) is 1. The third-order valence-electron chi connectivity index (χ3n) is 4.29. The lowest BCUT2D eigenvalue weighted by Crippen LogP contribution is -2.36. The van der Waals surface area contributed by atoms with Crippen LogP contribution in [0, 0.1) is 11.8 Å². The van der Waals surface area contributed by atoms with E-state index in [1.165, 1.54) is 0 Å². The number of fused-ring (bicyclic) bond motifs is 2. The molecule has 0 amide bonds. The molecule has 0 aliphatic carbocycles. The van der Waals surface area contributed by atoms with Crippen molar-refractivity contribution in [2.24, 2.45) is 11.8 Å². The third-order valence-corrected chi connectivity index (χ3v) is 4.29. The van der Waals surface area contributed by atoms with Gasteiger partial charge in [0.15, 0.2) is 0 Å². The van der Waals surface area contributed by atoms with Crippen molar-refractivity contribution in [2.75, 3.05) is 0 Å². The molecule has 2 fully saturated rings. The molecule has 0 saturated carbocycles. The van der Waals surface area contributed by atoms with Gasteiger partial charge in [-0.2, -0.15) is 0 Å². The molecule has 2 bridgehead atoms. The summed E-state index contributed by atoms with van der Waals surface area (Å²) in [5, 5.41) is 0. The zero-order chi connectivity index (χ0) is 9.69. The molecule has 2 heteroatoms. The summed E-state index contributed by atoms with van der Waals surface area (Å²) in [5.74, 6) is 0.959. The molecule has 2 rings (SSSR count). The van der Waals surface area contributed by atoms with E-state index in [1.807, 2.05) is 0 Å². The second-order valence-electron chi connectivity index (χ2n) is 5.02. The van der Waals surface area contributed by atoms with Crippen molar-refractivity contribution in [3.05, 3.63) is 0 Å². The van der Waals surface area contributed by atoms with Crippen LogP contribution in [0.15, 0.2) is 0 Å². The minimum Gasteiger partial charge on any atom is -0.369 e. The topological polar surface area (TPSA) is 26.3 Å². The number of hydrogen-bond acceptors (Lipinski definition) is 2. The standard InChI is InChI=1S/C11H18O2/c1-8-9(4-7-12)11(3)6-5-10(8,2)13-11/h7-9H,4-6H2,1-3H3/t8-,9-,10+,11-/m0/s1. The van der Waals surface area contributed by atoms with Crippen LogP contribution in [0.2, 0.25) is 0 Å². The van der Waals surface area contributed by atoms with Crippen molar-refractivity contribution >= 4 is 6.29 Å². The molecule has 2 saturated heterocycles. The van der Waals surface area contributed by atoms with E-state index in [0.717, 1.165) is 19.1 Å². The van der Waals surface area contributed by atoms with Crippen LogP contribution in [0.4, 0.5) is 0 Å². The fourth-order valence-corrected chi connectivity index (χ4v) is 3.22. The fraction of sp³-hybridized carbons (Fsp3) is 0.909. The van der Waals surface area contributed by atoms with E-state index < -0.39 is 0 Å². The van der Waals surface area contributed by atoms with E-state index in [-0.39, 0.29) is 11.2 Å². The maximum atomic E-state index is 10.6. The van der Waals surface area contributed by atoms with Gasteiger partial charge in [-0.15, -0.1) is 0 Å². The van der Waals surface area contributed by atoms with E-state index in [0.29, 0.717) is 18.3 Å². The Balaban J connectivity index is 2.26. The molecule has 2 nitrogen and oxygen atoms in total. The van der Waals surface area contributed by atoms with E-state index in [1.54, 1.807) is 0 Å². The molecule has 0 unspecified atom stereocenters. The molecule has 0 aromatic heterocycles. The Bertz CT molecular complexity index is 238. The van der Waals surface area contributed by atoms with Gasteiger partial charge in [-0.1, -0.05) is 6.92 Å². The Hall–Kier alpha value is -0.370. The van der Waals surface area contributed by atoms with Crippen molar-refractivity contribution in [3.8, 4) is 0 Å². The number of carbonyl (C=O) groups excluding carboxylic acids is 1. The van der Waals surface area contributed by atoms with Gasteiger partial charge in [-0.05, 0) is 38.5 Å². The lowest BCUT2D eigenvalue weighted by molar-refractivity contribution is -0.110. The van der Waals surface area contributed by atoms with E-state index in [2.05, 4.69) is 20.8 Å². The van der Waals surface area contributed by atoms with Crippen molar-refractivity contribution in [1.82, 2.24) is 0 Å².